The van der Waals surface area contributed by atoms with E-state index in [1.54, 1.807) is 23.1 Å². The molecule has 1 aromatic heterocycles. The van der Waals surface area contributed by atoms with Crippen LogP contribution in [0.5, 0.6) is 0 Å². The van der Waals surface area contributed by atoms with E-state index < -0.39 is 0 Å². The van der Waals surface area contributed by atoms with Crippen LogP contribution >= 0.6 is 23.1 Å². The number of benzene rings is 1. The van der Waals surface area contributed by atoms with Crippen LogP contribution in [0.1, 0.15) is 45.4 Å². The van der Waals surface area contributed by atoms with Crippen LogP contribution < -0.4 is 5.32 Å². The molecule has 1 saturated carbocycles. The Kier molecular flexibility index (Phi) is 5.95. The smallest absolute Gasteiger partial charge is 0.220 e. The third-order valence-electron chi connectivity index (χ3n) is 4.51. The molecule has 1 aromatic carbocycles. The predicted octanol–water partition coefficient (Wildman–Crippen LogP) is 4.86. The Labute approximate surface area is 146 Å². The Morgan fingerprint density at radius 2 is 2.17 bits per heavy atom. The van der Waals surface area contributed by atoms with Crippen molar-refractivity contribution in [1.82, 2.24) is 10.3 Å². The van der Waals surface area contributed by atoms with Crippen molar-refractivity contribution < 1.29 is 4.79 Å². The Balaban J connectivity index is 1.38. The van der Waals surface area contributed by atoms with E-state index >= 15 is 0 Å². The molecule has 0 spiro atoms. The summed E-state index contributed by atoms with van der Waals surface area (Å²) in [6, 6.07) is 8.62. The normalized spacial score (nSPS) is 21.4. The van der Waals surface area contributed by atoms with Gasteiger partial charge in [0.2, 0.25) is 5.91 Å². The standard InChI is InChI=1S/C18H24N2OS2/c1-13-7-2-3-8-14(13)19-17(21)11-6-12-22-18-20-15-9-4-5-10-16(15)23-18/h4-5,9-10,13-14H,2-3,6-8,11-12H2,1H3,(H,19,21)/t13-,14+/m1/s1. The van der Waals surface area contributed by atoms with Gasteiger partial charge in [-0.2, -0.15) is 0 Å². The lowest BCUT2D eigenvalue weighted by atomic mass is 9.86. The number of para-hydroxylation sites is 1. The maximum absolute atomic E-state index is 12.1. The van der Waals surface area contributed by atoms with E-state index in [4.69, 9.17) is 0 Å². The maximum atomic E-state index is 12.1. The Bertz CT molecular complexity index is 622. The summed E-state index contributed by atoms with van der Waals surface area (Å²) >= 11 is 3.50. The summed E-state index contributed by atoms with van der Waals surface area (Å²) < 4.78 is 2.34. The van der Waals surface area contributed by atoms with Crippen molar-refractivity contribution >= 4 is 39.2 Å². The van der Waals surface area contributed by atoms with Crippen LogP contribution in [0.15, 0.2) is 28.6 Å². The van der Waals surface area contributed by atoms with Crippen molar-refractivity contribution in [3.05, 3.63) is 24.3 Å². The number of fused-ring (bicyclic) bond motifs is 1. The van der Waals surface area contributed by atoms with E-state index in [-0.39, 0.29) is 5.91 Å². The first-order valence-corrected chi connectivity index (χ1v) is 10.3. The largest absolute Gasteiger partial charge is 0.353 e. The molecule has 0 unspecified atom stereocenters. The van der Waals surface area contributed by atoms with Gasteiger partial charge in [0.05, 0.1) is 10.2 Å². The van der Waals surface area contributed by atoms with Gasteiger partial charge in [-0.05, 0) is 37.3 Å². The van der Waals surface area contributed by atoms with Crippen LogP contribution in [0.25, 0.3) is 10.2 Å². The summed E-state index contributed by atoms with van der Waals surface area (Å²) in [5.74, 6) is 1.80. The second-order valence-electron chi connectivity index (χ2n) is 6.34. The molecule has 0 saturated heterocycles. The molecular weight excluding hydrogens is 324 g/mol. The van der Waals surface area contributed by atoms with Gasteiger partial charge in [0.1, 0.15) is 0 Å². The summed E-state index contributed by atoms with van der Waals surface area (Å²) in [4.78, 5) is 16.7. The van der Waals surface area contributed by atoms with Gasteiger partial charge in [-0.25, -0.2) is 4.98 Å². The quantitative estimate of drug-likeness (QED) is 0.598. The van der Waals surface area contributed by atoms with Crippen LogP contribution in [-0.4, -0.2) is 22.7 Å². The minimum Gasteiger partial charge on any atom is -0.353 e. The van der Waals surface area contributed by atoms with Gasteiger partial charge in [-0.15, -0.1) is 11.3 Å². The van der Waals surface area contributed by atoms with Gasteiger partial charge in [0, 0.05) is 18.2 Å². The molecule has 1 fully saturated rings. The number of hydrogen-bond donors (Lipinski definition) is 1. The predicted molar refractivity (Wildman–Crippen MR) is 99.1 cm³/mol. The second-order valence-corrected chi connectivity index (χ2v) is 8.71. The van der Waals surface area contributed by atoms with E-state index in [1.807, 2.05) is 12.1 Å². The first-order valence-electron chi connectivity index (χ1n) is 8.50. The van der Waals surface area contributed by atoms with Crippen molar-refractivity contribution in [2.24, 2.45) is 5.92 Å². The highest BCUT2D eigenvalue weighted by atomic mass is 32.2. The van der Waals surface area contributed by atoms with Crippen molar-refractivity contribution in [2.45, 2.75) is 55.8 Å². The fraction of sp³-hybridized carbons (Fsp3) is 0.556. The Morgan fingerprint density at radius 3 is 3.00 bits per heavy atom. The first kappa shape index (κ1) is 16.8. The summed E-state index contributed by atoms with van der Waals surface area (Å²) in [5, 5.41) is 3.23. The lowest BCUT2D eigenvalue weighted by Gasteiger charge is -2.29. The molecule has 5 heteroatoms. The van der Waals surface area contributed by atoms with Crippen LogP contribution in [0.4, 0.5) is 0 Å². The SMILES string of the molecule is C[C@@H]1CCCC[C@@H]1NC(=O)CCCSc1nc2ccccc2s1. The maximum Gasteiger partial charge on any atom is 0.220 e. The monoisotopic (exact) mass is 348 g/mol. The van der Waals surface area contributed by atoms with E-state index in [1.165, 1.54) is 24.0 Å². The molecule has 1 aliphatic carbocycles. The molecule has 0 radical (unpaired) electrons. The minimum absolute atomic E-state index is 0.216. The van der Waals surface area contributed by atoms with E-state index in [2.05, 4.69) is 29.4 Å². The van der Waals surface area contributed by atoms with Crippen molar-refractivity contribution in [3.8, 4) is 0 Å². The molecule has 1 amide bonds. The molecule has 23 heavy (non-hydrogen) atoms. The number of amides is 1. The summed E-state index contributed by atoms with van der Waals surface area (Å²) in [6.45, 7) is 2.26. The number of thiazole rings is 1. The number of nitrogens with zero attached hydrogens (tertiary/aromatic N) is 1. The van der Waals surface area contributed by atoms with Crippen molar-refractivity contribution in [2.75, 3.05) is 5.75 Å². The average molecular weight is 349 g/mol. The lowest BCUT2D eigenvalue weighted by Crippen LogP contribution is -2.40. The summed E-state index contributed by atoms with van der Waals surface area (Å²) in [5.41, 5.74) is 1.07. The number of hydrogen-bond acceptors (Lipinski definition) is 4. The molecule has 1 heterocycles. The summed E-state index contributed by atoms with van der Waals surface area (Å²) in [6.07, 6.45) is 6.50. The number of carbonyl (C=O) groups is 1. The molecular formula is C18H24N2OS2. The molecule has 3 rings (SSSR count). The van der Waals surface area contributed by atoms with Crippen molar-refractivity contribution in [3.63, 3.8) is 0 Å². The van der Waals surface area contributed by atoms with Crippen molar-refractivity contribution in [1.29, 1.82) is 0 Å². The third-order valence-corrected chi connectivity index (χ3v) is 6.77. The van der Waals surface area contributed by atoms with Gasteiger partial charge in [0.15, 0.2) is 4.34 Å². The zero-order chi connectivity index (χ0) is 16.1. The van der Waals surface area contributed by atoms with Gasteiger partial charge >= 0.3 is 0 Å². The molecule has 1 aliphatic rings. The highest BCUT2D eigenvalue weighted by Crippen LogP contribution is 2.29. The van der Waals surface area contributed by atoms with Gasteiger partial charge in [-0.3, -0.25) is 4.79 Å². The zero-order valence-corrected chi connectivity index (χ0v) is 15.2. The van der Waals surface area contributed by atoms with Crippen LogP contribution in [0, 0.1) is 5.92 Å². The highest BCUT2D eigenvalue weighted by Gasteiger charge is 2.22. The Hall–Kier alpha value is -1.07. The fourth-order valence-electron chi connectivity index (χ4n) is 3.11. The van der Waals surface area contributed by atoms with Gasteiger partial charge in [-0.1, -0.05) is 43.7 Å². The van der Waals surface area contributed by atoms with Gasteiger partial charge < -0.3 is 5.32 Å². The van der Waals surface area contributed by atoms with Crippen LogP contribution in [0.2, 0.25) is 0 Å². The first-order chi connectivity index (χ1) is 11.2. The molecule has 124 valence electrons. The summed E-state index contributed by atoms with van der Waals surface area (Å²) in [7, 11) is 0. The Morgan fingerprint density at radius 1 is 1.35 bits per heavy atom. The molecule has 0 bridgehead atoms. The van der Waals surface area contributed by atoms with Crippen LogP contribution in [0.3, 0.4) is 0 Å². The molecule has 2 atom stereocenters. The molecule has 3 nitrogen and oxygen atoms in total. The average Bonchev–Trinajstić information content (AvgIpc) is 2.96. The second kappa shape index (κ2) is 8.15. The van der Waals surface area contributed by atoms with E-state index in [9.17, 15) is 4.79 Å². The number of aromatic nitrogens is 1. The molecule has 0 aliphatic heterocycles. The number of thioether (sulfide) groups is 1. The molecule has 2 aromatic rings. The van der Waals surface area contributed by atoms with E-state index in [0.717, 1.165) is 28.5 Å². The highest BCUT2D eigenvalue weighted by molar-refractivity contribution is 8.01. The topological polar surface area (TPSA) is 42.0 Å². The van der Waals surface area contributed by atoms with Gasteiger partial charge in [0.25, 0.3) is 0 Å². The molecule has 1 N–H and O–H groups in total. The number of nitrogens with one attached hydrogen (secondary N) is 1. The minimum atomic E-state index is 0.216. The number of carbonyl (C=O) groups excluding carboxylic acids is 1. The fourth-order valence-corrected chi connectivity index (χ4v) is 5.19. The van der Waals surface area contributed by atoms with Crippen LogP contribution in [-0.2, 0) is 4.79 Å². The third kappa shape index (κ3) is 4.70. The number of rotatable bonds is 6. The zero-order valence-electron chi connectivity index (χ0n) is 13.6. The lowest BCUT2D eigenvalue weighted by molar-refractivity contribution is -0.122. The van der Waals surface area contributed by atoms with E-state index in [0.29, 0.717) is 18.4 Å².